The molecule has 1 heterocycles. The zero-order valence-corrected chi connectivity index (χ0v) is 15.9. The molecule has 1 unspecified atom stereocenters. The van der Waals surface area contributed by atoms with Crippen LogP contribution in [0, 0.1) is 5.82 Å². The first kappa shape index (κ1) is 19.4. The summed E-state index contributed by atoms with van der Waals surface area (Å²) in [4.78, 5) is 37.4. The summed E-state index contributed by atoms with van der Waals surface area (Å²) < 4.78 is 19.6. The Labute approximate surface area is 153 Å². The third kappa shape index (κ3) is 4.36. The van der Waals surface area contributed by atoms with Crippen molar-refractivity contribution in [3.8, 4) is 0 Å². The zero-order chi connectivity index (χ0) is 18.9. The summed E-state index contributed by atoms with van der Waals surface area (Å²) in [5, 5.41) is 0. The van der Waals surface area contributed by atoms with Crippen molar-refractivity contribution in [3.05, 3.63) is 33.5 Å². The SMILES string of the molecule is CC(C)(C)OC(=O)CCC(C(N)=O)N1Cc2c(ccc(Br)c2F)C1=O. The van der Waals surface area contributed by atoms with Gasteiger partial charge in [-0.1, -0.05) is 0 Å². The molecule has 1 aromatic carbocycles. The lowest BCUT2D eigenvalue weighted by molar-refractivity contribution is -0.155. The number of benzene rings is 1. The molecule has 2 N–H and O–H groups in total. The number of primary amides is 1. The smallest absolute Gasteiger partial charge is 0.306 e. The molecule has 8 heteroatoms. The first-order valence-electron chi connectivity index (χ1n) is 7.80. The molecule has 1 aliphatic rings. The highest BCUT2D eigenvalue weighted by atomic mass is 79.9. The maximum atomic E-state index is 14.2. The van der Waals surface area contributed by atoms with Gasteiger partial charge in [-0.15, -0.1) is 0 Å². The first-order chi connectivity index (χ1) is 11.5. The van der Waals surface area contributed by atoms with E-state index < -0.39 is 35.2 Å². The predicted octanol–water partition coefficient (Wildman–Crippen LogP) is 2.52. The van der Waals surface area contributed by atoms with Gasteiger partial charge >= 0.3 is 5.97 Å². The van der Waals surface area contributed by atoms with Crippen molar-refractivity contribution in [3.63, 3.8) is 0 Å². The van der Waals surface area contributed by atoms with Crippen LogP contribution in [0.15, 0.2) is 16.6 Å². The molecular weight excluding hydrogens is 395 g/mol. The van der Waals surface area contributed by atoms with Crippen LogP contribution in [0.3, 0.4) is 0 Å². The highest BCUT2D eigenvalue weighted by molar-refractivity contribution is 9.10. The van der Waals surface area contributed by atoms with Crippen molar-refractivity contribution in [2.24, 2.45) is 5.73 Å². The number of hydrogen-bond donors (Lipinski definition) is 1. The number of carbonyl (C=O) groups is 3. The van der Waals surface area contributed by atoms with Crippen LogP contribution in [-0.4, -0.2) is 34.3 Å². The van der Waals surface area contributed by atoms with E-state index in [1.54, 1.807) is 20.8 Å². The highest BCUT2D eigenvalue weighted by Crippen LogP contribution is 2.31. The Hall–Kier alpha value is -1.96. The number of hydrogen-bond acceptors (Lipinski definition) is 4. The van der Waals surface area contributed by atoms with E-state index in [2.05, 4.69) is 15.9 Å². The van der Waals surface area contributed by atoms with Crippen molar-refractivity contribution in [2.45, 2.75) is 51.8 Å². The second-order valence-electron chi connectivity index (χ2n) is 6.86. The molecule has 0 spiro atoms. The quantitative estimate of drug-likeness (QED) is 0.749. The van der Waals surface area contributed by atoms with Gasteiger partial charge in [0.2, 0.25) is 5.91 Å². The van der Waals surface area contributed by atoms with Gasteiger partial charge in [0, 0.05) is 17.5 Å². The van der Waals surface area contributed by atoms with Gasteiger partial charge in [-0.25, -0.2) is 4.39 Å². The molecule has 25 heavy (non-hydrogen) atoms. The fourth-order valence-electron chi connectivity index (χ4n) is 2.69. The molecule has 1 aliphatic heterocycles. The van der Waals surface area contributed by atoms with Gasteiger partial charge in [0.1, 0.15) is 17.5 Å². The van der Waals surface area contributed by atoms with E-state index in [1.165, 1.54) is 17.0 Å². The number of fused-ring (bicyclic) bond motifs is 1. The second kappa shape index (κ2) is 7.11. The monoisotopic (exact) mass is 414 g/mol. The second-order valence-corrected chi connectivity index (χ2v) is 7.72. The van der Waals surface area contributed by atoms with E-state index in [0.717, 1.165) is 0 Å². The standard InChI is InChI=1S/C17H20BrFN2O4/c1-17(2,3)25-13(22)7-6-12(15(20)23)21-8-10-9(16(21)24)4-5-11(18)14(10)19/h4-5,12H,6-8H2,1-3H3,(H2,20,23). The summed E-state index contributed by atoms with van der Waals surface area (Å²) in [6, 6.07) is 1.93. The molecule has 1 aromatic rings. The number of amides is 2. The van der Waals surface area contributed by atoms with E-state index >= 15 is 0 Å². The van der Waals surface area contributed by atoms with Crippen LogP contribution < -0.4 is 5.73 Å². The number of esters is 1. The van der Waals surface area contributed by atoms with Crippen LogP contribution in [0.2, 0.25) is 0 Å². The summed E-state index contributed by atoms with van der Waals surface area (Å²) in [7, 11) is 0. The molecule has 6 nitrogen and oxygen atoms in total. The van der Waals surface area contributed by atoms with Crippen molar-refractivity contribution in [2.75, 3.05) is 0 Å². The summed E-state index contributed by atoms with van der Waals surface area (Å²) in [6.45, 7) is 5.13. The van der Waals surface area contributed by atoms with Gasteiger partial charge in [0.15, 0.2) is 0 Å². The summed E-state index contributed by atoms with van der Waals surface area (Å²) >= 11 is 3.07. The predicted molar refractivity (Wildman–Crippen MR) is 92.0 cm³/mol. The van der Waals surface area contributed by atoms with Crippen LogP contribution in [0.5, 0.6) is 0 Å². The molecule has 0 saturated heterocycles. The van der Waals surface area contributed by atoms with Gasteiger partial charge < -0.3 is 15.4 Å². The molecule has 136 valence electrons. The number of ether oxygens (including phenoxy) is 1. The Kier molecular flexibility index (Phi) is 5.51. The molecule has 0 radical (unpaired) electrons. The molecule has 0 fully saturated rings. The van der Waals surface area contributed by atoms with E-state index in [1.807, 2.05) is 0 Å². The van der Waals surface area contributed by atoms with Crippen molar-refractivity contribution >= 4 is 33.7 Å². The molecule has 0 aromatic heterocycles. The number of nitrogens with zero attached hydrogens (tertiary/aromatic N) is 1. The number of halogens is 2. The topological polar surface area (TPSA) is 89.7 Å². The highest BCUT2D eigenvalue weighted by Gasteiger charge is 2.37. The minimum Gasteiger partial charge on any atom is -0.460 e. The fourth-order valence-corrected chi connectivity index (χ4v) is 3.07. The molecule has 2 amide bonds. The Balaban J connectivity index is 2.14. The van der Waals surface area contributed by atoms with Crippen molar-refractivity contribution < 1.29 is 23.5 Å². The molecule has 0 bridgehead atoms. The van der Waals surface area contributed by atoms with Crippen LogP contribution in [0.25, 0.3) is 0 Å². The zero-order valence-electron chi connectivity index (χ0n) is 14.3. The number of nitrogens with two attached hydrogens (primary N) is 1. The molecule has 2 rings (SSSR count). The van der Waals surface area contributed by atoms with Gasteiger partial charge in [-0.05, 0) is 55.3 Å². The molecule has 0 saturated carbocycles. The van der Waals surface area contributed by atoms with Crippen LogP contribution >= 0.6 is 15.9 Å². The minimum atomic E-state index is -1.01. The first-order valence-corrected chi connectivity index (χ1v) is 8.59. The third-order valence-corrected chi connectivity index (χ3v) is 4.37. The van der Waals surface area contributed by atoms with E-state index in [9.17, 15) is 18.8 Å². The minimum absolute atomic E-state index is 0.0206. The Morgan fingerprint density at radius 1 is 1.40 bits per heavy atom. The van der Waals surface area contributed by atoms with Crippen LogP contribution in [0.1, 0.15) is 49.5 Å². The van der Waals surface area contributed by atoms with E-state index in [-0.39, 0.29) is 35.0 Å². The fraction of sp³-hybridized carbons (Fsp3) is 0.471. The molecule has 0 aliphatic carbocycles. The molecular formula is C17H20BrFN2O4. The summed E-state index contributed by atoms with van der Waals surface area (Å²) in [6.07, 6.45) is -0.0516. The van der Waals surface area contributed by atoms with Crippen LogP contribution in [0.4, 0.5) is 4.39 Å². The number of rotatable bonds is 5. The van der Waals surface area contributed by atoms with E-state index in [0.29, 0.717) is 0 Å². The summed E-state index contributed by atoms with van der Waals surface area (Å²) in [5.41, 5.74) is 5.17. The average molecular weight is 415 g/mol. The van der Waals surface area contributed by atoms with Gasteiger partial charge in [-0.2, -0.15) is 0 Å². The van der Waals surface area contributed by atoms with Gasteiger partial charge in [-0.3, -0.25) is 14.4 Å². The normalized spacial score (nSPS) is 15.1. The van der Waals surface area contributed by atoms with Crippen molar-refractivity contribution in [1.82, 2.24) is 4.90 Å². The Bertz CT molecular complexity index is 730. The largest absolute Gasteiger partial charge is 0.460 e. The lowest BCUT2D eigenvalue weighted by atomic mass is 10.1. The number of carbonyl (C=O) groups excluding carboxylic acids is 3. The lowest BCUT2D eigenvalue weighted by Gasteiger charge is -2.25. The van der Waals surface area contributed by atoms with Gasteiger partial charge in [0.25, 0.3) is 5.91 Å². The molecule has 1 atom stereocenters. The maximum absolute atomic E-state index is 14.2. The maximum Gasteiger partial charge on any atom is 0.306 e. The van der Waals surface area contributed by atoms with Crippen molar-refractivity contribution in [1.29, 1.82) is 0 Å². The summed E-state index contributed by atoms with van der Waals surface area (Å²) in [5.74, 6) is -2.25. The third-order valence-electron chi connectivity index (χ3n) is 3.76. The Morgan fingerprint density at radius 2 is 2.04 bits per heavy atom. The average Bonchev–Trinajstić information content (AvgIpc) is 2.79. The van der Waals surface area contributed by atoms with E-state index in [4.69, 9.17) is 10.5 Å². The lowest BCUT2D eigenvalue weighted by Crippen LogP contribution is -2.45. The van der Waals surface area contributed by atoms with Gasteiger partial charge in [0.05, 0.1) is 11.0 Å². The van der Waals surface area contributed by atoms with Crippen LogP contribution in [-0.2, 0) is 20.9 Å². The Morgan fingerprint density at radius 3 is 2.60 bits per heavy atom.